The molecule has 0 fully saturated rings. The minimum atomic E-state index is -4.18. The van der Waals surface area contributed by atoms with E-state index in [2.05, 4.69) is 4.52 Å². The predicted molar refractivity (Wildman–Crippen MR) is 52.2 cm³/mol. The van der Waals surface area contributed by atoms with Gasteiger partial charge in [0.25, 0.3) is 0 Å². The molecular weight excluding hydrogens is 204 g/mol. The zero-order valence-electron chi connectivity index (χ0n) is 12.7. The van der Waals surface area contributed by atoms with Crippen molar-refractivity contribution < 1.29 is 27.4 Å². The van der Waals surface area contributed by atoms with Crippen molar-refractivity contribution >= 4 is 77.0 Å². The molecule has 0 amide bonds. The number of phosphoric acid groups is 1. The molecule has 0 radical (unpaired) electrons. The summed E-state index contributed by atoms with van der Waals surface area (Å²) in [6.45, 7) is 1.89. The van der Waals surface area contributed by atoms with Crippen LogP contribution >= 0.6 is 7.82 Å². The Morgan fingerprint density at radius 1 is 1.36 bits per heavy atom. The first-order valence-electron chi connectivity index (χ1n) is 2.26. The van der Waals surface area contributed by atoms with Crippen LogP contribution in [-0.2, 0) is 9.09 Å². The predicted octanol–water partition coefficient (Wildman–Crippen LogP) is 0.0383. The first kappa shape index (κ1) is 23.3. The van der Waals surface area contributed by atoms with Gasteiger partial charge in [-0.3, -0.25) is 4.52 Å². The Balaban J connectivity index is -0.00000000681. The largest absolute Gasteiger partial charge is 2.00 e. The molecule has 0 atom stereocenters. The van der Waals surface area contributed by atoms with Gasteiger partial charge in [0.1, 0.15) is 0 Å². The third kappa shape index (κ3) is 24.5. The van der Waals surface area contributed by atoms with Gasteiger partial charge < -0.3 is 18.3 Å². The molecule has 0 aliphatic carbocycles. The van der Waals surface area contributed by atoms with Crippen LogP contribution in [0.25, 0.3) is 0 Å². The van der Waals surface area contributed by atoms with Crippen LogP contribution in [0, 0.1) is 0 Å². The second-order valence-electron chi connectivity index (χ2n) is 1.32. The van der Waals surface area contributed by atoms with Crippen LogP contribution in [0.4, 0.5) is 0 Å². The van der Waals surface area contributed by atoms with Crippen molar-refractivity contribution in [2.75, 3.05) is 6.61 Å². The van der Waals surface area contributed by atoms with Crippen LogP contribution in [0.15, 0.2) is 0 Å². The van der Waals surface area contributed by atoms with E-state index >= 15 is 0 Å². The summed E-state index contributed by atoms with van der Waals surface area (Å²) in [5.74, 6) is 0. The first-order valence-corrected chi connectivity index (χ1v) is 3.79. The van der Waals surface area contributed by atoms with Gasteiger partial charge in [-0.1, -0.05) is 6.92 Å². The van der Waals surface area contributed by atoms with Crippen LogP contribution in [0.3, 0.4) is 0 Å². The van der Waals surface area contributed by atoms with Crippen molar-refractivity contribution in [3.05, 3.63) is 0 Å². The number of hydrogen-bond donors (Lipinski definition) is 2. The minimum Gasteiger partial charge on any atom is -1.00 e. The normalized spacial score (nSPS) is 8.64. The summed E-state index contributed by atoms with van der Waals surface area (Å²) in [5, 5.41) is 0. The molecule has 0 aliphatic heterocycles. The van der Waals surface area contributed by atoms with Crippen molar-refractivity contribution in [2.45, 2.75) is 13.3 Å². The smallest absolute Gasteiger partial charge is 1.00 e. The fourth-order valence-electron chi connectivity index (χ4n) is 0.210. The SMILES string of the molecule is CCCOP(=O)(O)O.[H-].[H-].[H-].[H-].[H-].[H-].[Mg+2].[Mg+2].[Mg+2]. The van der Waals surface area contributed by atoms with Crippen LogP contribution in [0.5, 0.6) is 0 Å². The molecule has 0 aromatic carbocycles. The molecule has 0 unspecified atom stereocenters. The van der Waals surface area contributed by atoms with Gasteiger partial charge in [-0.2, -0.15) is 0 Å². The van der Waals surface area contributed by atoms with Gasteiger partial charge in [0.2, 0.25) is 0 Å². The van der Waals surface area contributed by atoms with E-state index in [0.29, 0.717) is 6.42 Å². The van der Waals surface area contributed by atoms with Crippen molar-refractivity contribution in [3.8, 4) is 0 Å². The van der Waals surface area contributed by atoms with Gasteiger partial charge >= 0.3 is 77.0 Å². The van der Waals surface area contributed by atoms with Gasteiger partial charge in [0.15, 0.2) is 0 Å². The third-order valence-corrected chi connectivity index (χ3v) is 0.983. The maximum Gasteiger partial charge on any atom is 2.00 e. The summed E-state index contributed by atoms with van der Waals surface area (Å²) in [6, 6.07) is 0. The second-order valence-corrected chi connectivity index (χ2v) is 2.56. The molecule has 11 heavy (non-hydrogen) atoms. The molecule has 62 valence electrons. The molecule has 0 spiro atoms. The van der Waals surface area contributed by atoms with Crippen LogP contribution in [-0.4, -0.2) is 85.6 Å². The van der Waals surface area contributed by atoms with Gasteiger partial charge in [-0.15, -0.1) is 0 Å². The molecule has 0 rings (SSSR count). The monoisotopic (exact) mass is 218 g/mol. The van der Waals surface area contributed by atoms with E-state index < -0.39 is 7.82 Å². The summed E-state index contributed by atoms with van der Waals surface area (Å²) in [4.78, 5) is 16.1. The Hall–Kier alpha value is 2.41. The molecule has 8 heteroatoms. The summed E-state index contributed by atoms with van der Waals surface area (Å²) in [5.41, 5.74) is 0. The Kier molecular flexibility index (Phi) is 26.3. The molecule has 0 aromatic heterocycles. The van der Waals surface area contributed by atoms with E-state index in [1.54, 1.807) is 6.92 Å². The van der Waals surface area contributed by atoms with Gasteiger partial charge in [-0.05, 0) is 6.42 Å². The first-order chi connectivity index (χ1) is 3.56. The summed E-state index contributed by atoms with van der Waals surface area (Å²) in [7, 11) is -4.18. The second kappa shape index (κ2) is 12.4. The average molecular weight is 219 g/mol. The van der Waals surface area contributed by atoms with E-state index in [4.69, 9.17) is 9.79 Å². The number of hydrogen-bond acceptors (Lipinski definition) is 2. The number of rotatable bonds is 3. The summed E-state index contributed by atoms with van der Waals surface area (Å²) < 4.78 is 13.9. The van der Waals surface area contributed by atoms with E-state index in [1.165, 1.54) is 0 Å². The van der Waals surface area contributed by atoms with E-state index in [0.717, 1.165) is 0 Å². The Morgan fingerprint density at radius 2 is 1.73 bits per heavy atom. The fraction of sp³-hybridized carbons (Fsp3) is 1.00. The Labute approximate surface area is 123 Å². The topological polar surface area (TPSA) is 66.8 Å². The van der Waals surface area contributed by atoms with Crippen molar-refractivity contribution in [1.29, 1.82) is 0 Å². The molecule has 0 heterocycles. The standard InChI is InChI=1S/C3H9O4P.3Mg.6H/c1-2-3-7-8(4,5)6;;;;;;;;;/h2-3H2,1H3,(H2,4,5,6);;;;;;;;;/q;3*+2;6*-1. The van der Waals surface area contributed by atoms with Gasteiger partial charge in [0.05, 0.1) is 6.61 Å². The van der Waals surface area contributed by atoms with Gasteiger partial charge in [-0.25, -0.2) is 4.57 Å². The van der Waals surface area contributed by atoms with Crippen molar-refractivity contribution in [1.82, 2.24) is 0 Å². The Bertz CT molecular complexity index is 121. The molecule has 0 saturated carbocycles. The van der Waals surface area contributed by atoms with Gasteiger partial charge in [0, 0.05) is 0 Å². The molecular formula is C3H15Mg3O4P. The molecule has 0 saturated heterocycles. The fourth-order valence-corrected chi connectivity index (χ4v) is 0.631. The Morgan fingerprint density at radius 3 is 1.82 bits per heavy atom. The summed E-state index contributed by atoms with van der Waals surface area (Å²) >= 11 is 0. The summed E-state index contributed by atoms with van der Waals surface area (Å²) in [6.07, 6.45) is 0.616. The van der Waals surface area contributed by atoms with Crippen molar-refractivity contribution in [2.24, 2.45) is 0 Å². The minimum absolute atomic E-state index is 0. The third-order valence-electron chi connectivity index (χ3n) is 0.464. The maximum atomic E-state index is 9.86. The quantitative estimate of drug-likeness (QED) is 0.519. The van der Waals surface area contributed by atoms with Crippen LogP contribution in [0.2, 0.25) is 0 Å². The van der Waals surface area contributed by atoms with Crippen molar-refractivity contribution in [3.63, 3.8) is 0 Å². The molecule has 0 aromatic rings. The maximum absolute atomic E-state index is 9.86. The van der Waals surface area contributed by atoms with Crippen LogP contribution in [0.1, 0.15) is 21.9 Å². The molecule has 0 bridgehead atoms. The molecule has 4 nitrogen and oxygen atoms in total. The average Bonchev–Trinajstić information content (AvgIpc) is 1.59. The van der Waals surface area contributed by atoms with E-state index in [1.807, 2.05) is 0 Å². The van der Waals surface area contributed by atoms with Crippen LogP contribution < -0.4 is 0 Å². The molecule has 2 N–H and O–H groups in total. The zero-order chi connectivity index (χ0) is 6.62. The molecule has 0 aliphatic rings. The number of phosphoric ester groups is 1. The zero-order valence-corrected chi connectivity index (χ0v) is 11.8. The van der Waals surface area contributed by atoms with E-state index in [-0.39, 0.29) is 84.3 Å². The van der Waals surface area contributed by atoms with E-state index in [9.17, 15) is 4.57 Å².